The van der Waals surface area contributed by atoms with Crippen LogP contribution in [0.3, 0.4) is 0 Å². The van der Waals surface area contributed by atoms with Crippen LogP contribution < -0.4 is 18.9 Å². The Kier molecular flexibility index (Phi) is 13.3. The van der Waals surface area contributed by atoms with E-state index in [-0.39, 0.29) is 11.5 Å². The fraction of sp³-hybridized carbons (Fsp3) is 0.500. The highest BCUT2D eigenvalue weighted by atomic mass is 16.6. The highest BCUT2D eigenvalue weighted by molar-refractivity contribution is 6.12. The number of hydrogen-bond acceptors (Lipinski definition) is 6. The first-order valence-electron chi connectivity index (χ1n) is 13.3. The van der Waals surface area contributed by atoms with Crippen LogP contribution in [-0.2, 0) is 4.74 Å². The van der Waals surface area contributed by atoms with Crippen molar-refractivity contribution in [3.8, 4) is 23.0 Å². The standard InChI is InChI=1S/C30H42O6/c1-6-16-32-25(21-23-14-12-11-13-15-23)27(31)24-22-26(33-17-7-2)29(35-19-9-4)30(36-20-10-5)28(24)34-18-8-3/h11-15,21-22H,6-10,16-20H2,1-5H3. The van der Waals surface area contributed by atoms with Gasteiger partial charge in [-0.1, -0.05) is 65.0 Å². The summed E-state index contributed by atoms with van der Waals surface area (Å²) in [5.74, 6) is 1.68. The zero-order chi connectivity index (χ0) is 26.2. The van der Waals surface area contributed by atoms with Crippen LogP contribution in [0.2, 0.25) is 0 Å². The van der Waals surface area contributed by atoms with Gasteiger partial charge in [0.2, 0.25) is 17.3 Å². The minimum atomic E-state index is -0.289. The van der Waals surface area contributed by atoms with Gasteiger partial charge in [0.1, 0.15) is 0 Å². The first-order chi connectivity index (χ1) is 17.6. The summed E-state index contributed by atoms with van der Waals surface area (Å²) in [6, 6.07) is 11.4. The molecular weight excluding hydrogens is 456 g/mol. The summed E-state index contributed by atoms with van der Waals surface area (Å²) in [4.78, 5) is 14.0. The Morgan fingerprint density at radius 1 is 0.667 bits per heavy atom. The summed E-state index contributed by atoms with van der Waals surface area (Å²) in [5.41, 5.74) is 1.21. The first-order valence-corrected chi connectivity index (χ1v) is 13.3. The molecule has 0 bridgehead atoms. The van der Waals surface area contributed by atoms with Crippen molar-refractivity contribution >= 4 is 11.9 Å². The molecule has 0 atom stereocenters. The Balaban J connectivity index is 2.73. The maximum atomic E-state index is 14.0. The van der Waals surface area contributed by atoms with Crippen LogP contribution in [0.25, 0.3) is 6.08 Å². The van der Waals surface area contributed by atoms with Crippen molar-refractivity contribution < 1.29 is 28.5 Å². The van der Waals surface area contributed by atoms with Crippen molar-refractivity contribution in [3.05, 3.63) is 53.3 Å². The Labute approximate surface area is 216 Å². The van der Waals surface area contributed by atoms with Gasteiger partial charge in [-0.05, 0) is 49.8 Å². The Hall–Kier alpha value is -3.15. The number of carbonyl (C=O) groups is 1. The SMILES string of the molecule is CCCOC(=Cc1ccccc1)C(=O)c1cc(OCCC)c(OCCC)c(OCCC)c1OCCC. The number of Topliss-reactive ketones (excluding diaryl/α,β-unsaturated/α-hetero) is 1. The van der Waals surface area contributed by atoms with Gasteiger partial charge in [0.15, 0.2) is 17.3 Å². The molecule has 0 saturated carbocycles. The van der Waals surface area contributed by atoms with Crippen molar-refractivity contribution in [1.29, 1.82) is 0 Å². The molecular formula is C30H42O6. The molecule has 0 amide bonds. The Morgan fingerprint density at radius 3 is 1.78 bits per heavy atom. The molecule has 0 aliphatic rings. The quantitative estimate of drug-likeness (QED) is 0.120. The van der Waals surface area contributed by atoms with E-state index in [0.29, 0.717) is 61.6 Å². The monoisotopic (exact) mass is 498 g/mol. The van der Waals surface area contributed by atoms with Crippen LogP contribution in [-0.4, -0.2) is 38.8 Å². The topological polar surface area (TPSA) is 63.2 Å². The number of rotatable bonds is 18. The number of hydrogen-bond donors (Lipinski definition) is 0. The van der Waals surface area contributed by atoms with Crippen LogP contribution >= 0.6 is 0 Å². The fourth-order valence-electron chi connectivity index (χ4n) is 3.33. The molecule has 0 heterocycles. The molecule has 0 fully saturated rings. The highest BCUT2D eigenvalue weighted by Gasteiger charge is 2.29. The molecule has 6 heteroatoms. The zero-order valence-corrected chi connectivity index (χ0v) is 22.6. The van der Waals surface area contributed by atoms with Gasteiger partial charge in [0.05, 0.1) is 38.6 Å². The molecule has 36 heavy (non-hydrogen) atoms. The van der Waals surface area contributed by atoms with Gasteiger partial charge in [0.25, 0.3) is 0 Å². The summed E-state index contributed by atoms with van der Waals surface area (Å²) >= 11 is 0. The average molecular weight is 499 g/mol. The maximum Gasteiger partial charge on any atom is 0.231 e. The normalized spacial score (nSPS) is 11.2. The number of ketones is 1. The van der Waals surface area contributed by atoms with E-state index in [1.807, 2.05) is 65.0 Å². The van der Waals surface area contributed by atoms with E-state index in [2.05, 4.69) is 0 Å². The van der Waals surface area contributed by atoms with Gasteiger partial charge in [-0.2, -0.15) is 0 Å². The summed E-state index contributed by atoms with van der Waals surface area (Å²) in [6.45, 7) is 12.4. The van der Waals surface area contributed by atoms with Crippen molar-refractivity contribution in [1.82, 2.24) is 0 Å². The lowest BCUT2D eigenvalue weighted by molar-refractivity contribution is 0.0917. The smallest absolute Gasteiger partial charge is 0.231 e. The van der Waals surface area contributed by atoms with Gasteiger partial charge in [-0.15, -0.1) is 0 Å². The van der Waals surface area contributed by atoms with E-state index in [4.69, 9.17) is 23.7 Å². The lowest BCUT2D eigenvalue weighted by atomic mass is 10.0. The second kappa shape index (κ2) is 16.5. The van der Waals surface area contributed by atoms with E-state index >= 15 is 0 Å². The van der Waals surface area contributed by atoms with Crippen LogP contribution in [0.4, 0.5) is 0 Å². The predicted molar refractivity (Wildman–Crippen MR) is 145 cm³/mol. The summed E-state index contributed by atoms with van der Waals surface area (Å²) < 4.78 is 30.4. The van der Waals surface area contributed by atoms with Crippen LogP contribution in [0.15, 0.2) is 42.2 Å². The molecule has 0 saturated heterocycles. The second-order valence-electron chi connectivity index (χ2n) is 8.40. The van der Waals surface area contributed by atoms with Gasteiger partial charge >= 0.3 is 0 Å². The third-order valence-electron chi connectivity index (χ3n) is 5.00. The number of benzene rings is 2. The molecule has 0 aliphatic heterocycles. The predicted octanol–water partition coefficient (Wildman–Crippen LogP) is 7.49. The molecule has 198 valence electrons. The van der Waals surface area contributed by atoms with Crippen LogP contribution in [0.1, 0.15) is 82.6 Å². The van der Waals surface area contributed by atoms with E-state index in [0.717, 1.165) is 37.7 Å². The summed E-state index contributed by atoms with van der Waals surface area (Å²) in [6.07, 6.45) is 5.75. The summed E-state index contributed by atoms with van der Waals surface area (Å²) in [5, 5.41) is 0. The van der Waals surface area contributed by atoms with E-state index < -0.39 is 0 Å². The molecule has 0 aromatic heterocycles. The van der Waals surface area contributed by atoms with Crippen molar-refractivity contribution in [2.24, 2.45) is 0 Å². The molecule has 0 N–H and O–H groups in total. The molecule has 2 aromatic rings. The molecule has 0 spiro atoms. The van der Waals surface area contributed by atoms with Gasteiger partial charge in [-0.3, -0.25) is 4.79 Å². The zero-order valence-electron chi connectivity index (χ0n) is 22.6. The summed E-state index contributed by atoms with van der Waals surface area (Å²) in [7, 11) is 0. The number of ether oxygens (including phenoxy) is 5. The third kappa shape index (κ3) is 8.51. The lowest BCUT2D eigenvalue weighted by Crippen LogP contribution is -2.14. The molecule has 0 unspecified atom stereocenters. The van der Waals surface area contributed by atoms with E-state index in [9.17, 15) is 4.79 Å². The van der Waals surface area contributed by atoms with Crippen molar-refractivity contribution in [3.63, 3.8) is 0 Å². The molecule has 0 radical (unpaired) electrons. The highest BCUT2D eigenvalue weighted by Crippen LogP contribution is 2.48. The van der Waals surface area contributed by atoms with Crippen LogP contribution in [0, 0.1) is 0 Å². The van der Waals surface area contributed by atoms with Crippen molar-refractivity contribution in [2.45, 2.75) is 66.7 Å². The van der Waals surface area contributed by atoms with Crippen molar-refractivity contribution in [2.75, 3.05) is 33.0 Å². The largest absolute Gasteiger partial charge is 0.490 e. The molecule has 6 nitrogen and oxygen atoms in total. The minimum absolute atomic E-state index is 0.245. The second-order valence-corrected chi connectivity index (χ2v) is 8.40. The first kappa shape index (κ1) is 29.1. The van der Waals surface area contributed by atoms with Gasteiger partial charge in [0, 0.05) is 0 Å². The Morgan fingerprint density at radius 2 is 1.19 bits per heavy atom. The third-order valence-corrected chi connectivity index (χ3v) is 5.00. The molecule has 0 aliphatic carbocycles. The molecule has 2 rings (SSSR count). The maximum absolute atomic E-state index is 14.0. The van der Waals surface area contributed by atoms with Gasteiger partial charge < -0.3 is 23.7 Å². The fourth-order valence-corrected chi connectivity index (χ4v) is 3.33. The van der Waals surface area contributed by atoms with E-state index in [1.165, 1.54) is 0 Å². The number of allylic oxidation sites excluding steroid dienone is 1. The average Bonchev–Trinajstić information content (AvgIpc) is 2.91. The molecule has 2 aromatic carbocycles. The number of carbonyl (C=O) groups excluding carboxylic acids is 1. The van der Waals surface area contributed by atoms with E-state index in [1.54, 1.807) is 12.1 Å². The van der Waals surface area contributed by atoms with Gasteiger partial charge in [-0.25, -0.2) is 0 Å². The van der Waals surface area contributed by atoms with Crippen LogP contribution in [0.5, 0.6) is 23.0 Å². The lowest BCUT2D eigenvalue weighted by Gasteiger charge is -2.22. The Bertz CT molecular complexity index is 952. The minimum Gasteiger partial charge on any atom is -0.490 e.